The van der Waals surface area contributed by atoms with Crippen molar-refractivity contribution in [3.05, 3.63) is 71.8 Å². The molecule has 9 nitrogen and oxygen atoms in total. The number of amides is 1. The lowest BCUT2D eigenvalue weighted by atomic mass is 10.1. The highest BCUT2D eigenvalue weighted by Crippen LogP contribution is 2.36. The van der Waals surface area contributed by atoms with Crippen LogP contribution >= 0.6 is 11.3 Å². The van der Waals surface area contributed by atoms with Crippen LogP contribution in [0.15, 0.2) is 70.6 Å². The van der Waals surface area contributed by atoms with E-state index in [2.05, 4.69) is 15.3 Å². The highest BCUT2D eigenvalue weighted by Gasteiger charge is 2.27. The van der Waals surface area contributed by atoms with Gasteiger partial charge in [0.1, 0.15) is 5.75 Å². The normalized spacial score (nSPS) is 12.6. The van der Waals surface area contributed by atoms with E-state index in [-0.39, 0.29) is 4.90 Å². The Kier molecular flexibility index (Phi) is 8.51. The Bertz CT molecular complexity index is 1570. The molecule has 4 rings (SSSR count). The Morgan fingerprint density at radius 3 is 2.36 bits per heavy atom. The minimum Gasteiger partial charge on any atom is -0.493 e. The summed E-state index contributed by atoms with van der Waals surface area (Å²) >= 11 is 1.27. The van der Waals surface area contributed by atoms with Crippen molar-refractivity contribution in [2.75, 3.05) is 26.6 Å². The van der Waals surface area contributed by atoms with Gasteiger partial charge in [-0.3, -0.25) is 15.1 Å². The van der Waals surface area contributed by atoms with Gasteiger partial charge in [-0.2, -0.15) is 0 Å². The van der Waals surface area contributed by atoms with Crippen LogP contribution in [0.1, 0.15) is 31.1 Å². The summed E-state index contributed by atoms with van der Waals surface area (Å²) in [6.45, 7) is 3.22. The van der Waals surface area contributed by atoms with Gasteiger partial charge in [-0.05, 0) is 55.8 Å². The number of benzene rings is 3. The van der Waals surface area contributed by atoms with Crippen LogP contribution < -0.4 is 19.5 Å². The molecule has 11 heteroatoms. The molecule has 0 aliphatic rings. The summed E-state index contributed by atoms with van der Waals surface area (Å²) in [7, 11) is 1.19. The summed E-state index contributed by atoms with van der Waals surface area (Å²) in [4.78, 5) is 22.2. The van der Waals surface area contributed by atoms with Crippen molar-refractivity contribution in [3.63, 3.8) is 0 Å². The molecule has 1 heterocycles. The molecule has 4 aromatic rings. The molecule has 0 aliphatic carbocycles. The maximum atomic E-state index is 13.6. The van der Waals surface area contributed by atoms with Crippen molar-refractivity contribution in [1.82, 2.24) is 4.98 Å². The number of hydrogen-bond acceptors (Lipinski definition) is 9. The fourth-order valence-electron chi connectivity index (χ4n) is 3.80. The second-order valence-corrected chi connectivity index (χ2v) is 12.3. The molecule has 0 saturated carbocycles. The minimum absolute atomic E-state index is 0.116. The van der Waals surface area contributed by atoms with E-state index in [1.165, 1.54) is 30.6 Å². The summed E-state index contributed by atoms with van der Waals surface area (Å²) in [6.07, 6.45) is 0.541. The van der Waals surface area contributed by atoms with E-state index >= 15 is 0 Å². The summed E-state index contributed by atoms with van der Waals surface area (Å²) in [5, 5.41) is 2.56. The van der Waals surface area contributed by atoms with E-state index in [1.807, 2.05) is 12.1 Å². The number of thiazole rings is 1. The fraction of sp³-hybridized carbons (Fsp3) is 0.250. The number of aromatic nitrogens is 1. The van der Waals surface area contributed by atoms with Gasteiger partial charge in [0.25, 0.3) is 5.91 Å². The van der Waals surface area contributed by atoms with Crippen molar-refractivity contribution in [3.8, 4) is 17.2 Å². The Morgan fingerprint density at radius 1 is 1.03 bits per heavy atom. The number of fused-ring (bicyclic) bond motifs is 1. The van der Waals surface area contributed by atoms with Crippen LogP contribution in [0.5, 0.6) is 17.2 Å². The number of nitrogens with one attached hydrogen (secondary N) is 1. The number of aliphatic imine (C=N–C) groups is 1. The molecule has 1 amide bonds. The molecule has 0 bridgehead atoms. The zero-order valence-electron chi connectivity index (χ0n) is 22.2. The summed E-state index contributed by atoms with van der Waals surface area (Å²) < 4.78 is 43.3. The third kappa shape index (κ3) is 6.21. The van der Waals surface area contributed by atoms with Crippen molar-refractivity contribution >= 4 is 48.6 Å². The van der Waals surface area contributed by atoms with Gasteiger partial charge < -0.3 is 14.2 Å². The van der Waals surface area contributed by atoms with Gasteiger partial charge in [-0.15, -0.1) is 0 Å². The van der Waals surface area contributed by atoms with Crippen LogP contribution in [0.3, 0.4) is 0 Å². The number of carbonyl (C=O) groups is 1. The van der Waals surface area contributed by atoms with Gasteiger partial charge >= 0.3 is 0 Å². The van der Waals surface area contributed by atoms with Crippen LogP contribution in [0.2, 0.25) is 0 Å². The van der Waals surface area contributed by atoms with Crippen LogP contribution in [0, 0.1) is 0 Å². The molecule has 0 aliphatic heterocycles. The van der Waals surface area contributed by atoms with Gasteiger partial charge in [0, 0.05) is 31.0 Å². The summed E-state index contributed by atoms with van der Waals surface area (Å²) in [6, 6.07) is 16.8. The molecule has 39 heavy (non-hydrogen) atoms. The average molecular weight is 568 g/mol. The highest BCUT2D eigenvalue weighted by molar-refractivity contribution is 7.92. The maximum Gasteiger partial charge on any atom is 0.271 e. The monoisotopic (exact) mass is 567 g/mol. The number of hydrogen-bond donors (Lipinski definition) is 1. The fourth-order valence-corrected chi connectivity index (χ4v) is 5.79. The first-order chi connectivity index (χ1) is 18.7. The zero-order valence-corrected chi connectivity index (χ0v) is 23.8. The second-order valence-electron chi connectivity index (χ2n) is 8.80. The van der Waals surface area contributed by atoms with E-state index in [0.29, 0.717) is 33.5 Å². The number of carbonyl (C=O) groups excluding carboxylic acids is 1. The number of rotatable bonds is 10. The molecule has 0 spiro atoms. The first-order valence-electron chi connectivity index (χ1n) is 12.0. The number of nitrogens with zero attached hydrogens (tertiary/aromatic N) is 2. The van der Waals surface area contributed by atoms with Crippen molar-refractivity contribution in [2.45, 2.75) is 30.1 Å². The van der Waals surface area contributed by atoms with Crippen LogP contribution in [0.25, 0.3) is 10.2 Å². The smallest absolute Gasteiger partial charge is 0.271 e. The number of methoxy groups -OCH3 is 2. The van der Waals surface area contributed by atoms with Crippen LogP contribution in [-0.4, -0.2) is 52.0 Å². The summed E-state index contributed by atoms with van der Waals surface area (Å²) in [5.74, 6) is 0.993. The van der Waals surface area contributed by atoms with Gasteiger partial charge in [0.15, 0.2) is 26.5 Å². The first kappa shape index (κ1) is 28.1. The Hall–Kier alpha value is -3.96. The van der Waals surface area contributed by atoms with Crippen molar-refractivity contribution < 1.29 is 27.4 Å². The van der Waals surface area contributed by atoms with Gasteiger partial charge in [-0.1, -0.05) is 23.5 Å². The second kappa shape index (κ2) is 11.8. The molecule has 1 atom stereocenters. The molecule has 1 unspecified atom stereocenters. The number of sulfone groups is 1. The van der Waals surface area contributed by atoms with E-state index in [1.54, 1.807) is 70.6 Å². The molecular formula is C28H29N3O6S2. The SMILES string of the molecule is C/N=C/c1ccc(OC(C(=O)Nc2nc3cc(OC)c(OC)cc3s2)c2cccc(S(=O)(=O)C(C)C)c2)cc1. The number of ether oxygens (including phenoxy) is 3. The summed E-state index contributed by atoms with van der Waals surface area (Å²) in [5.41, 5.74) is 1.89. The van der Waals surface area contributed by atoms with Gasteiger partial charge in [0.05, 0.1) is 34.6 Å². The molecule has 0 fully saturated rings. The predicted octanol–water partition coefficient (Wildman–Crippen LogP) is 5.30. The lowest BCUT2D eigenvalue weighted by Gasteiger charge is -2.20. The predicted molar refractivity (Wildman–Crippen MR) is 153 cm³/mol. The molecule has 0 radical (unpaired) electrons. The molecule has 0 saturated heterocycles. The maximum absolute atomic E-state index is 13.6. The molecule has 3 aromatic carbocycles. The van der Waals surface area contributed by atoms with Crippen molar-refractivity contribution in [2.24, 2.45) is 4.99 Å². The average Bonchev–Trinajstić information content (AvgIpc) is 3.32. The third-order valence-corrected chi connectivity index (χ3v) is 8.97. The number of anilines is 1. The minimum atomic E-state index is -3.57. The van der Waals surface area contributed by atoms with Gasteiger partial charge in [-0.25, -0.2) is 13.4 Å². The van der Waals surface area contributed by atoms with E-state index < -0.39 is 27.1 Å². The van der Waals surface area contributed by atoms with Crippen LogP contribution in [-0.2, 0) is 14.6 Å². The quantitative estimate of drug-likeness (QED) is 0.258. The largest absolute Gasteiger partial charge is 0.493 e. The molecule has 1 N–H and O–H groups in total. The van der Waals surface area contributed by atoms with Crippen molar-refractivity contribution in [1.29, 1.82) is 0 Å². The van der Waals surface area contributed by atoms with Crippen LogP contribution in [0.4, 0.5) is 5.13 Å². The molecule has 1 aromatic heterocycles. The Balaban J connectivity index is 1.70. The first-order valence-corrected chi connectivity index (χ1v) is 14.4. The van der Waals surface area contributed by atoms with Gasteiger partial charge in [0.2, 0.25) is 6.10 Å². The molecular weight excluding hydrogens is 538 g/mol. The van der Waals surface area contributed by atoms with E-state index in [4.69, 9.17) is 14.2 Å². The lowest BCUT2D eigenvalue weighted by Crippen LogP contribution is -2.26. The Labute approximate surface area is 231 Å². The standard InChI is InChI=1S/C28H29N3O6S2/c1-17(2)39(33,34)21-8-6-7-19(13-21)26(37-20-11-9-18(10-12-20)16-29-3)27(32)31-28-30-22-14-23(35-4)24(36-5)15-25(22)38-28/h6-17,26H,1-5H3,(H,30,31,32)/b29-16+. The Morgan fingerprint density at radius 2 is 1.72 bits per heavy atom. The third-order valence-electron chi connectivity index (χ3n) is 5.88. The molecule has 204 valence electrons. The topological polar surface area (TPSA) is 116 Å². The van der Waals surface area contributed by atoms with E-state index in [0.717, 1.165) is 10.3 Å². The highest BCUT2D eigenvalue weighted by atomic mass is 32.2. The lowest BCUT2D eigenvalue weighted by molar-refractivity contribution is -0.123. The van der Waals surface area contributed by atoms with E-state index in [9.17, 15) is 13.2 Å². The zero-order chi connectivity index (χ0) is 28.2.